The summed E-state index contributed by atoms with van der Waals surface area (Å²) in [7, 11) is 1.69. The van der Waals surface area contributed by atoms with Crippen LogP contribution in [0.2, 0.25) is 0 Å². The van der Waals surface area contributed by atoms with Crippen LogP contribution in [0, 0.1) is 13.8 Å². The van der Waals surface area contributed by atoms with Gasteiger partial charge in [0.2, 0.25) is 0 Å². The molecule has 2 aromatic rings. The highest BCUT2D eigenvalue weighted by atomic mass is 32.2. The van der Waals surface area contributed by atoms with E-state index in [0.717, 1.165) is 21.3 Å². The molecule has 1 unspecified atom stereocenters. The standard InChI is InChI=1S/C14H19N3O2S2/c1-9-5-12(11(3)17(9)10(2)6-19-4)13(18)7-20-14-16-15-8-21-14/h5,8,10H,6-7H2,1-4H3. The summed E-state index contributed by atoms with van der Waals surface area (Å²) >= 11 is 2.88. The van der Waals surface area contributed by atoms with E-state index in [9.17, 15) is 4.79 Å². The number of ketones is 1. The summed E-state index contributed by atoms with van der Waals surface area (Å²) in [5, 5.41) is 7.71. The molecule has 2 aromatic heterocycles. The van der Waals surface area contributed by atoms with Crippen molar-refractivity contribution in [2.24, 2.45) is 0 Å². The highest BCUT2D eigenvalue weighted by Crippen LogP contribution is 2.24. The number of carbonyl (C=O) groups excluding carboxylic acids is 1. The van der Waals surface area contributed by atoms with E-state index in [2.05, 4.69) is 21.7 Å². The topological polar surface area (TPSA) is 57.0 Å². The van der Waals surface area contributed by atoms with Crippen molar-refractivity contribution in [2.45, 2.75) is 31.2 Å². The molecular formula is C14H19N3O2S2. The number of hydrogen-bond donors (Lipinski definition) is 0. The Labute approximate surface area is 132 Å². The average Bonchev–Trinajstić information content (AvgIpc) is 3.04. The maximum Gasteiger partial charge on any atom is 0.174 e. The molecule has 0 N–H and O–H groups in total. The molecule has 0 amide bonds. The zero-order chi connectivity index (χ0) is 15.4. The Morgan fingerprint density at radius 1 is 1.52 bits per heavy atom. The van der Waals surface area contributed by atoms with Crippen LogP contribution in [0.25, 0.3) is 0 Å². The summed E-state index contributed by atoms with van der Waals surface area (Å²) in [6.45, 7) is 6.73. The van der Waals surface area contributed by atoms with Crippen LogP contribution in [0.1, 0.15) is 34.7 Å². The molecule has 0 fully saturated rings. The summed E-state index contributed by atoms with van der Waals surface area (Å²) in [6.07, 6.45) is 0. The molecule has 0 radical (unpaired) electrons. The van der Waals surface area contributed by atoms with Gasteiger partial charge in [-0.15, -0.1) is 10.2 Å². The molecule has 21 heavy (non-hydrogen) atoms. The van der Waals surface area contributed by atoms with Gasteiger partial charge in [-0.1, -0.05) is 23.1 Å². The SMILES string of the molecule is COCC(C)n1c(C)cc(C(=O)CSc2nncs2)c1C. The van der Waals surface area contributed by atoms with Crippen LogP contribution in [-0.4, -0.2) is 40.0 Å². The molecule has 114 valence electrons. The zero-order valence-corrected chi connectivity index (χ0v) is 14.3. The Kier molecular flexibility index (Phi) is 5.55. The molecule has 2 rings (SSSR count). The van der Waals surface area contributed by atoms with Gasteiger partial charge in [0.25, 0.3) is 0 Å². The lowest BCUT2D eigenvalue weighted by molar-refractivity contribution is 0.102. The number of methoxy groups -OCH3 is 1. The Balaban J connectivity index is 2.12. The van der Waals surface area contributed by atoms with E-state index in [1.165, 1.54) is 23.1 Å². The maximum absolute atomic E-state index is 12.4. The smallest absolute Gasteiger partial charge is 0.174 e. The molecule has 0 aromatic carbocycles. The molecule has 0 saturated heterocycles. The van der Waals surface area contributed by atoms with Crippen LogP contribution in [0.5, 0.6) is 0 Å². The van der Waals surface area contributed by atoms with E-state index < -0.39 is 0 Å². The Morgan fingerprint density at radius 3 is 2.90 bits per heavy atom. The average molecular weight is 325 g/mol. The Bertz CT molecular complexity index is 608. The highest BCUT2D eigenvalue weighted by molar-refractivity contribution is 8.01. The van der Waals surface area contributed by atoms with Crippen LogP contribution in [0.15, 0.2) is 15.9 Å². The first kappa shape index (κ1) is 16.2. The van der Waals surface area contributed by atoms with E-state index in [1.54, 1.807) is 12.6 Å². The van der Waals surface area contributed by atoms with Crippen LogP contribution >= 0.6 is 23.1 Å². The molecule has 7 heteroatoms. The number of hydrogen-bond acceptors (Lipinski definition) is 6. The van der Waals surface area contributed by atoms with Gasteiger partial charge in [0.1, 0.15) is 5.51 Å². The lowest BCUT2D eigenvalue weighted by Gasteiger charge is -2.17. The largest absolute Gasteiger partial charge is 0.383 e. The fourth-order valence-electron chi connectivity index (χ4n) is 2.48. The van der Waals surface area contributed by atoms with Crippen molar-refractivity contribution >= 4 is 28.9 Å². The molecule has 0 bridgehead atoms. The van der Waals surface area contributed by atoms with Crippen molar-refractivity contribution in [2.75, 3.05) is 19.5 Å². The van der Waals surface area contributed by atoms with Crippen molar-refractivity contribution in [1.82, 2.24) is 14.8 Å². The second-order valence-electron chi connectivity index (χ2n) is 4.88. The third-order valence-electron chi connectivity index (χ3n) is 3.30. The lowest BCUT2D eigenvalue weighted by atomic mass is 10.2. The molecule has 0 aliphatic rings. The monoisotopic (exact) mass is 325 g/mol. The lowest BCUT2D eigenvalue weighted by Crippen LogP contribution is -2.14. The molecule has 1 atom stereocenters. The summed E-state index contributed by atoms with van der Waals surface area (Å²) in [5.41, 5.74) is 4.54. The number of aryl methyl sites for hydroxylation is 1. The predicted octanol–water partition coefficient (Wildman–Crippen LogP) is 3.14. The summed E-state index contributed by atoms with van der Waals surface area (Å²) < 4.78 is 8.19. The molecule has 5 nitrogen and oxygen atoms in total. The number of aromatic nitrogens is 3. The minimum absolute atomic E-state index is 0.124. The number of ether oxygens (including phenoxy) is 1. The molecule has 0 aliphatic carbocycles. The Hall–Kier alpha value is -1.18. The van der Waals surface area contributed by atoms with E-state index in [1.807, 2.05) is 19.9 Å². The first-order chi connectivity index (χ1) is 10.0. The molecule has 0 spiro atoms. The number of rotatable bonds is 7. The van der Waals surface area contributed by atoms with Crippen molar-refractivity contribution in [3.8, 4) is 0 Å². The van der Waals surface area contributed by atoms with Crippen molar-refractivity contribution in [1.29, 1.82) is 0 Å². The second-order valence-corrected chi connectivity index (χ2v) is 6.93. The minimum Gasteiger partial charge on any atom is -0.383 e. The number of thioether (sulfide) groups is 1. The quantitative estimate of drug-likeness (QED) is 0.578. The van der Waals surface area contributed by atoms with E-state index in [0.29, 0.717) is 12.4 Å². The first-order valence-corrected chi connectivity index (χ1v) is 8.50. The first-order valence-electron chi connectivity index (χ1n) is 6.64. The Morgan fingerprint density at radius 2 is 2.29 bits per heavy atom. The van der Waals surface area contributed by atoms with Gasteiger partial charge in [-0.3, -0.25) is 4.79 Å². The van der Waals surface area contributed by atoms with Gasteiger partial charge in [0.15, 0.2) is 10.1 Å². The fourth-order valence-corrected chi connectivity index (χ4v) is 3.86. The van der Waals surface area contributed by atoms with E-state index in [4.69, 9.17) is 4.74 Å². The van der Waals surface area contributed by atoms with Crippen molar-refractivity contribution < 1.29 is 9.53 Å². The normalized spacial score (nSPS) is 12.6. The fraction of sp³-hybridized carbons (Fsp3) is 0.500. The van der Waals surface area contributed by atoms with E-state index >= 15 is 0 Å². The predicted molar refractivity (Wildman–Crippen MR) is 85.5 cm³/mol. The summed E-state index contributed by atoms with van der Waals surface area (Å²) in [6, 6.07) is 2.18. The number of Topliss-reactive ketones (excluding diaryl/α,β-unsaturated/α-hetero) is 1. The van der Waals surface area contributed by atoms with Crippen LogP contribution in [0.4, 0.5) is 0 Å². The molecule has 0 saturated carbocycles. The van der Waals surface area contributed by atoms with Crippen LogP contribution in [-0.2, 0) is 4.74 Å². The van der Waals surface area contributed by atoms with Gasteiger partial charge in [0.05, 0.1) is 18.4 Å². The second kappa shape index (κ2) is 7.20. The molecular weight excluding hydrogens is 306 g/mol. The van der Waals surface area contributed by atoms with Gasteiger partial charge in [-0.2, -0.15) is 0 Å². The number of nitrogens with zero attached hydrogens (tertiary/aromatic N) is 3. The number of carbonyl (C=O) groups is 1. The van der Waals surface area contributed by atoms with Gasteiger partial charge >= 0.3 is 0 Å². The third-order valence-corrected chi connectivity index (χ3v) is 5.16. The van der Waals surface area contributed by atoms with Gasteiger partial charge in [-0.25, -0.2) is 0 Å². The third kappa shape index (κ3) is 3.72. The minimum atomic E-state index is 0.124. The summed E-state index contributed by atoms with van der Waals surface area (Å²) in [5.74, 6) is 0.511. The molecule has 0 aliphatic heterocycles. The van der Waals surface area contributed by atoms with Crippen LogP contribution in [0.3, 0.4) is 0 Å². The summed E-state index contributed by atoms with van der Waals surface area (Å²) in [4.78, 5) is 12.4. The van der Waals surface area contributed by atoms with E-state index in [-0.39, 0.29) is 11.8 Å². The molecule has 2 heterocycles. The van der Waals surface area contributed by atoms with Crippen molar-refractivity contribution in [3.05, 3.63) is 28.5 Å². The maximum atomic E-state index is 12.4. The van der Waals surface area contributed by atoms with Gasteiger partial charge in [-0.05, 0) is 26.8 Å². The van der Waals surface area contributed by atoms with Crippen LogP contribution < -0.4 is 0 Å². The zero-order valence-electron chi connectivity index (χ0n) is 12.6. The highest BCUT2D eigenvalue weighted by Gasteiger charge is 2.19. The van der Waals surface area contributed by atoms with Gasteiger partial charge < -0.3 is 9.30 Å². The van der Waals surface area contributed by atoms with Crippen molar-refractivity contribution in [3.63, 3.8) is 0 Å². The van der Waals surface area contributed by atoms with Gasteiger partial charge in [0, 0.05) is 24.1 Å².